The maximum absolute atomic E-state index is 12.9. The van der Waals surface area contributed by atoms with Crippen LogP contribution in [-0.2, 0) is 4.74 Å². The van der Waals surface area contributed by atoms with Crippen LogP contribution in [0.15, 0.2) is 53.5 Å². The maximum Gasteiger partial charge on any atom is 0.387 e. The van der Waals surface area contributed by atoms with E-state index in [9.17, 15) is 8.78 Å². The fourth-order valence-electron chi connectivity index (χ4n) is 5.98. The molecule has 0 unspecified atom stereocenters. The van der Waals surface area contributed by atoms with Gasteiger partial charge < -0.3 is 18.7 Å². The molecule has 2 saturated heterocycles. The van der Waals surface area contributed by atoms with E-state index in [1.54, 1.807) is 30.6 Å². The SMILES string of the molecule is FC(F)Oc1ccnc2ccc(OCC34CCC(/C=C/c5c(-c6c(Cl)cncc6Cl)noc5C5CC5)(CC3)CO4)cc12. The Bertz CT molecular complexity index is 1630. The highest BCUT2D eigenvalue weighted by atomic mass is 35.5. The minimum atomic E-state index is -2.92. The number of fused-ring (bicyclic) bond motifs is 4. The van der Waals surface area contributed by atoms with Crippen molar-refractivity contribution in [3.63, 3.8) is 0 Å². The summed E-state index contributed by atoms with van der Waals surface area (Å²) < 4.78 is 48.9. The lowest BCUT2D eigenvalue weighted by Crippen LogP contribution is -2.53. The predicted molar refractivity (Wildman–Crippen MR) is 154 cm³/mol. The maximum atomic E-state index is 12.9. The molecule has 3 aromatic heterocycles. The summed E-state index contributed by atoms with van der Waals surface area (Å²) in [5.41, 5.74) is 2.20. The third kappa shape index (κ3) is 5.23. The lowest BCUT2D eigenvalue weighted by Gasteiger charge is -2.51. The van der Waals surface area contributed by atoms with Crippen molar-refractivity contribution in [1.82, 2.24) is 15.1 Å². The van der Waals surface area contributed by atoms with Crippen LogP contribution in [0.1, 0.15) is 55.8 Å². The smallest absolute Gasteiger partial charge is 0.387 e. The third-order valence-corrected chi connectivity index (χ3v) is 9.18. The Morgan fingerprint density at radius 2 is 1.86 bits per heavy atom. The molecule has 5 heterocycles. The molecule has 0 atom stereocenters. The highest BCUT2D eigenvalue weighted by Crippen LogP contribution is 2.51. The molecule has 4 fully saturated rings. The van der Waals surface area contributed by atoms with Crippen molar-refractivity contribution in [2.75, 3.05) is 13.2 Å². The fraction of sp³-hybridized carbons (Fsp3) is 0.387. The molecule has 0 radical (unpaired) electrons. The van der Waals surface area contributed by atoms with Crippen molar-refractivity contribution in [3.8, 4) is 22.8 Å². The summed E-state index contributed by atoms with van der Waals surface area (Å²) in [5, 5.41) is 5.70. The summed E-state index contributed by atoms with van der Waals surface area (Å²) in [4.78, 5) is 8.30. The van der Waals surface area contributed by atoms with E-state index in [2.05, 4.69) is 32.0 Å². The second-order valence-electron chi connectivity index (χ2n) is 11.4. The van der Waals surface area contributed by atoms with Gasteiger partial charge in [0.25, 0.3) is 0 Å². The summed E-state index contributed by atoms with van der Waals surface area (Å²) >= 11 is 12.9. The monoisotopic (exact) mass is 613 g/mol. The predicted octanol–water partition coefficient (Wildman–Crippen LogP) is 8.49. The van der Waals surface area contributed by atoms with Gasteiger partial charge in [-0.1, -0.05) is 40.5 Å². The third-order valence-electron chi connectivity index (χ3n) is 8.61. The molecular weight excluding hydrogens is 587 g/mol. The molecule has 2 aliphatic heterocycles. The van der Waals surface area contributed by atoms with E-state index >= 15 is 0 Å². The minimum Gasteiger partial charge on any atom is -0.491 e. The Labute approximate surface area is 250 Å². The number of ether oxygens (including phenoxy) is 3. The summed E-state index contributed by atoms with van der Waals surface area (Å²) in [7, 11) is 0. The number of aromatic nitrogens is 3. The number of benzene rings is 1. The van der Waals surface area contributed by atoms with Gasteiger partial charge in [0, 0.05) is 46.4 Å². The van der Waals surface area contributed by atoms with E-state index in [1.807, 2.05) is 0 Å². The highest BCUT2D eigenvalue weighted by Gasteiger charge is 2.49. The molecule has 218 valence electrons. The van der Waals surface area contributed by atoms with Gasteiger partial charge in [0.1, 0.15) is 35.2 Å². The number of alkyl halides is 2. The molecule has 2 bridgehead atoms. The molecule has 4 aliphatic rings. The van der Waals surface area contributed by atoms with Gasteiger partial charge in [-0.05, 0) is 62.8 Å². The summed E-state index contributed by atoms with van der Waals surface area (Å²) in [6.07, 6.45) is 14.6. The number of halogens is 4. The van der Waals surface area contributed by atoms with Crippen LogP contribution in [-0.4, -0.2) is 40.6 Å². The Hall–Kier alpha value is -3.27. The van der Waals surface area contributed by atoms with Gasteiger partial charge in [-0.25, -0.2) is 0 Å². The second kappa shape index (κ2) is 10.8. The van der Waals surface area contributed by atoms with Crippen molar-refractivity contribution in [2.24, 2.45) is 5.41 Å². The van der Waals surface area contributed by atoms with Crippen LogP contribution in [0.3, 0.4) is 0 Å². The second-order valence-corrected chi connectivity index (χ2v) is 12.2. The molecule has 4 aromatic rings. The first kappa shape index (κ1) is 27.6. The van der Waals surface area contributed by atoms with Crippen LogP contribution in [0.2, 0.25) is 10.0 Å². The zero-order valence-electron chi connectivity index (χ0n) is 22.5. The van der Waals surface area contributed by atoms with Crippen molar-refractivity contribution >= 4 is 40.2 Å². The number of nitrogens with zero attached hydrogens (tertiary/aromatic N) is 3. The van der Waals surface area contributed by atoms with Crippen LogP contribution in [0.4, 0.5) is 8.78 Å². The van der Waals surface area contributed by atoms with E-state index in [4.69, 9.17) is 37.2 Å². The molecule has 0 amide bonds. The minimum absolute atomic E-state index is 0.0658. The number of rotatable bonds is 9. The lowest BCUT2D eigenvalue weighted by atomic mass is 9.66. The van der Waals surface area contributed by atoms with Gasteiger partial charge >= 0.3 is 6.61 Å². The molecule has 42 heavy (non-hydrogen) atoms. The summed E-state index contributed by atoms with van der Waals surface area (Å²) in [6, 6.07) is 6.63. The summed E-state index contributed by atoms with van der Waals surface area (Å²) in [5.74, 6) is 1.84. The molecule has 1 aromatic carbocycles. The Morgan fingerprint density at radius 1 is 1.07 bits per heavy atom. The van der Waals surface area contributed by atoms with Crippen molar-refractivity contribution in [3.05, 3.63) is 70.3 Å². The van der Waals surface area contributed by atoms with Crippen molar-refractivity contribution < 1.29 is 27.5 Å². The number of pyridine rings is 2. The van der Waals surface area contributed by atoms with Gasteiger partial charge in [0.2, 0.25) is 0 Å². The Kier molecular flexibility index (Phi) is 7.07. The van der Waals surface area contributed by atoms with Crippen molar-refractivity contribution in [2.45, 2.75) is 56.7 Å². The van der Waals surface area contributed by atoms with E-state index in [0.717, 1.165) is 49.8 Å². The number of hydrogen-bond donors (Lipinski definition) is 0. The standard InChI is InChI=1S/C31H27Cl2F2N3O4/c32-22-14-36-15-23(33)26(22)27-20(28(42-38-27)18-1-2-18)5-7-30-8-10-31(11-9-30,40-16-30)17-39-19-3-4-24-21(13-19)25(6-12-37-24)41-29(34)35/h3-7,12-15,18,29H,1-2,8-11,16-17H2/b7-5+. The molecule has 8 rings (SSSR count). The first-order valence-electron chi connectivity index (χ1n) is 13.9. The topological polar surface area (TPSA) is 79.5 Å². The fourth-order valence-corrected chi connectivity index (χ4v) is 6.53. The zero-order chi connectivity index (χ0) is 28.9. The molecular formula is C31H27Cl2F2N3O4. The Morgan fingerprint density at radius 3 is 2.55 bits per heavy atom. The molecule has 0 N–H and O–H groups in total. The molecule has 7 nitrogen and oxygen atoms in total. The summed E-state index contributed by atoms with van der Waals surface area (Å²) in [6.45, 7) is -1.99. The quantitative estimate of drug-likeness (QED) is 0.187. The first-order chi connectivity index (χ1) is 20.3. The Balaban J connectivity index is 1.07. The van der Waals surface area contributed by atoms with Crippen LogP contribution in [0.25, 0.3) is 28.2 Å². The van der Waals surface area contributed by atoms with Gasteiger partial charge in [-0.15, -0.1) is 0 Å². The lowest BCUT2D eigenvalue weighted by molar-refractivity contribution is -0.181. The highest BCUT2D eigenvalue weighted by molar-refractivity contribution is 6.39. The van der Waals surface area contributed by atoms with E-state index < -0.39 is 12.2 Å². The van der Waals surface area contributed by atoms with Crippen LogP contribution >= 0.6 is 23.2 Å². The zero-order valence-corrected chi connectivity index (χ0v) is 24.0. The van der Waals surface area contributed by atoms with Gasteiger partial charge in [-0.2, -0.15) is 8.78 Å². The van der Waals surface area contributed by atoms with Crippen LogP contribution in [0, 0.1) is 5.41 Å². The van der Waals surface area contributed by atoms with E-state index in [1.165, 1.54) is 12.3 Å². The normalized spacial score (nSPS) is 23.7. The first-order valence-corrected chi connectivity index (χ1v) is 14.7. The molecule has 0 spiro atoms. The van der Waals surface area contributed by atoms with Gasteiger partial charge in [0.05, 0.1) is 22.2 Å². The molecule has 2 saturated carbocycles. The van der Waals surface area contributed by atoms with Crippen LogP contribution < -0.4 is 9.47 Å². The average molecular weight is 614 g/mol. The van der Waals surface area contributed by atoms with Crippen molar-refractivity contribution in [1.29, 1.82) is 0 Å². The van der Waals surface area contributed by atoms with Crippen LogP contribution in [0.5, 0.6) is 11.5 Å². The van der Waals surface area contributed by atoms with Gasteiger partial charge in [-0.3, -0.25) is 9.97 Å². The van der Waals surface area contributed by atoms with Gasteiger partial charge in [0.15, 0.2) is 0 Å². The largest absolute Gasteiger partial charge is 0.491 e. The van der Waals surface area contributed by atoms with E-state index in [0.29, 0.717) is 57.1 Å². The molecule has 2 aliphatic carbocycles. The van der Waals surface area contributed by atoms with E-state index in [-0.39, 0.29) is 11.2 Å². The number of hydrogen-bond acceptors (Lipinski definition) is 7. The average Bonchev–Trinajstić information content (AvgIpc) is 3.76. The molecule has 11 heteroatoms.